The number of hydrogen-bond acceptors (Lipinski definition) is 3. The minimum atomic E-state index is -0.197. The number of H-pyrrole nitrogens is 1. The number of likely N-dealkylation sites (tertiary alicyclic amines) is 1. The zero-order valence-corrected chi connectivity index (χ0v) is 9.19. The second-order valence-corrected chi connectivity index (χ2v) is 4.43. The maximum Gasteiger partial charge on any atom is 0.0527 e. The Kier molecular flexibility index (Phi) is 3.38. The van der Waals surface area contributed by atoms with Gasteiger partial charge < -0.3 is 5.11 Å². The third-order valence-electron chi connectivity index (χ3n) is 3.04. The van der Waals surface area contributed by atoms with Gasteiger partial charge in [-0.25, -0.2) is 0 Å². The van der Waals surface area contributed by atoms with Crippen molar-refractivity contribution in [3.05, 3.63) is 18.0 Å². The Labute approximate surface area is 90.3 Å². The van der Waals surface area contributed by atoms with E-state index in [9.17, 15) is 5.11 Å². The molecular formula is C11H19N3O. The van der Waals surface area contributed by atoms with E-state index in [0.717, 1.165) is 25.2 Å². The van der Waals surface area contributed by atoms with Crippen LogP contribution in [0, 0.1) is 0 Å². The van der Waals surface area contributed by atoms with Gasteiger partial charge in [-0.1, -0.05) is 0 Å². The number of aromatic nitrogens is 2. The van der Waals surface area contributed by atoms with E-state index in [-0.39, 0.29) is 6.10 Å². The molecular weight excluding hydrogens is 190 g/mol. The van der Waals surface area contributed by atoms with E-state index >= 15 is 0 Å². The molecule has 1 saturated heterocycles. The summed E-state index contributed by atoms with van der Waals surface area (Å²) in [5.41, 5.74) is 1.16. The number of aromatic amines is 1. The molecule has 0 amide bonds. The monoisotopic (exact) mass is 209 g/mol. The van der Waals surface area contributed by atoms with Crippen LogP contribution < -0.4 is 0 Å². The SMILES string of the molecule is CC(O)CC1CCCN1Cc1ccn[nH]1. The maximum absolute atomic E-state index is 9.41. The van der Waals surface area contributed by atoms with Crippen LogP contribution in [-0.2, 0) is 6.54 Å². The van der Waals surface area contributed by atoms with Crippen molar-refractivity contribution >= 4 is 0 Å². The number of aliphatic hydroxyl groups excluding tert-OH is 1. The van der Waals surface area contributed by atoms with Crippen LogP contribution in [0.2, 0.25) is 0 Å². The van der Waals surface area contributed by atoms with Crippen LogP contribution in [0.4, 0.5) is 0 Å². The number of rotatable bonds is 4. The molecule has 1 aromatic heterocycles. The second kappa shape index (κ2) is 4.77. The van der Waals surface area contributed by atoms with Crippen molar-refractivity contribution in [2.24, 2.45) is 0 Å². The van der Waals surface area contributed by atoms with E-state index in [4.69, 9.17) is 0 Å². The van der Waals surface area contributed by atoms with E-state index in [1.165, 1.54) is 12.8 Å². The fourth-order valence-electron chi connectivity index (χ4n) is 2.36. The number of nitrogens with zero attached hydrogens (tertiary/aromatic N) is 2. The summed E-state index contributed by atoms with van der Waals surface area (Å²) in [6.07, 6.45) is 4.92. The van der Waals surface area contributed by atoms with E-state index in [2.05, 4.69) is 15.1 Å². The van der Waals surface area contributed by atoms with Crippen molar-refractivity contribution in [3.8, 4) is 0 Å². The van der Waals surface area contributed by atoms with Crippen LogP contribution in [-0.4, -0.2) is 38.9 Å². The van der Waals surface area contributed by atoms with Gasteiger partial charge in [0.2, 0.25) is 0 Å². The molecule has 0 aliphatic carbocycles. The van der Waals surface area contributed by atoms with Gasteiger partial charge in [-0.2, -0.15) is 5.10 Å². The predicted molar refractivity (Wildman–Crippen MR) is 58.3 cm³/mol. The van der Waals surface area contributed by atoms with Crippen LogP contribution in [0.15, 0.2) is 12.3 Å². The lowest BCUT2D eigenvalue weighted by atomic mass is 10.1. The normalized spacial score (nSPS) is 24.5. The molecule has 15 heavy (non-hydrogen) atoms. The molecule has 0 aromatic carbocycles. The number of hydrogen-bond donors (Lipinski definition) is 2. The quantitative estimate of drug-likeness (QED) is 0.782. The van der Waals surface area contributed by atoms with Gasteiger partial charge in [0, 0.05) is 24.5 Å². The molecule has 4 nitrogen and oxygen atoms in total. The average Bonchev–Trinajstić information content (AvgIpc) is 2.78. The molecule has 84 valence electrons. The average molecular weight is 209 g/mol. The van der Waals surface area contributed by atoms with E-state index in [1.807, 2.05) is 13.0 Å². The van der Waals surface area contributed by atoms with Gasteiger partial charge in [-0.05, 0) is 38.8 Å². The number of aliphatic hydroxyl groups is 1. The lowest BCUT2D eigenvalue weighted by Crippen LogP contribution is -2.31. The fourth-order valence-corrected chi connectivity index (χ4v) is 2.36. The maximum atomic E-state index is 9.41. The Balaban J connectivity index is 1.90. The van der Waals surface area contributed by atoms with Gasteiger partial charge in [-0.15, -0.1) is 0 Å². The highest BCUT2D eigenvalue weighted by molar-refractivity contribution is 4.98. The van der Waals surface area contributed by atoms with Gasteiger partial charge in [0.05, 0.1) is 6.10 Å². The Morgan fingerprint density at radius 1 is 1.73 bits per heavy atom. The zero-order valence-electron chi connectivity index (χ0n) is 9.19. The van der Waals surface area contributed by atoms with Crippen molar-refractivity contribution in [2.45, 2.75) is 44.9 Å². The smallest absolute Gasteiger partial charge is 0.0527 e. The molecule has 1 fully saturated rings. The highest BCUT2D eigenvalue weighted by Crippen LogP contribution is 2.22. The lowest BCUT2D eigenvalue weighted by Gasteiger charge is -2.24. The van der Waals surface area contributed by atoms with Crippen LogP contribution in [0.1, 0.15) is 31.9 Å². The summed E-state index contributed by atoms with van der Waals surface area (Å²) in [7, 11) is 0. The standard InChI is InChI=1S/C11H19N3O/c1-9(15)7-11-3-2-6-14(11)8-10-4-5-12-13-10/h4-5,9,11,15H,2-3,6-8H2,1H3,(H,12,13). The van der Waals surface area contributed by atoms with Gasteiger partial charge in [-0.3, -0.25) is 10.00 Å². The molecule has 2 N–H and O–H groups in total. The highest BCUT2D eigenvalue weighted by atomic mass is 16.3. The van der Waals surface area contributed by atoms with Gasteiger partial charge in [0.15, 0.2) is 0 Å². The Morgan fingerprint density at radius 2 is 2.60 bits per heavy atom. The molecule has 0 saturated carbocycles. The minimum absolute atomic E-state index is 0.197. The van der Waals surface area contributed by atoms with Crippen molar-refractivity contribution < 1.29 is 5.11 Å². The van der Waals surface area contributed by atoms with Crippen LogP contribution >= 0.6 is 0 Å². The summed E-state index contributed by atoms with van der Waals surface area (Å²) in [6, 6.07) is 2.55. The van der Waals surface area contributed by atoms with Crippen molar-refractivity contribution in [1.29, 1.82) is 0 Å². The molecule has 2 rings (SSSR count). The van der Waals surface area contributed by atoms with E-state index < -0.39 is 0 Å². The molecule has 4 heteroatoms. The molecule has 0 spiro atoms. The summed E-state index contributed by atoms with van der Waals surface area (Å²) >= 11 is 0. The Bertz CT molecular complexity index is 284. The largest absolute Gasteiger partial charge is 0.393 e. The lowest BCUT2D eigenvalue weighted by molar-refractivity contribution is 0.130. The van der Waals surface area contributed by atoms with Gasteiger partial charge >= 0.3 is 0 Å². The van der Waals surface area contributed by atoms with Crippen molar-refractivity contribution in [1.82, 2.24) is 15.1 Å². The van der Waals surface area contributed by atoms with E-state index in [0.29, 0.717) is 6.04 Å². The van der Waals surface area contributed by atoms with Crippen molar-refractivity contribution in [3.63, 3.8) is 0 Å². The number of nitrogens with one attached hydrogen (secondary N) is 1. The fraction of sp³-hybridized carbons (Fsp3) is 0.727. The first-order valence-corrected chi connectivity index (χ1v) is 5.66. The second-order valence-electron chi connectivity index (χ2n) is 4.43. The third-order valence-corrected chi connectivity index (χ3v) is 3.04. The molecule has 1 aliphatic heterocycles. The third kappa shape index (κ3) is 2.79. The Morgan fingerprint density at radius 3 is 3.27 bits per heavy atom. The van der Waals surface area contributed by atoms with Gasteiger partial charge in [0.25, 0.3) is 0 Å². The molecule has 0 radical (unpaired) electrons. The summed E-state index contributed by atoms with van der Waals surface area (Å²) in [6.45, 7) is 3.93. The summed E-state index contributed by atoms with van der Waals surface area (Å²) in [5.74, 6) is 0. The predicted octanol–water partition coefficient (Wildman–Crippen LogP) is 1.14. The topological polar surface area (TPSA) is 52.1 Å². The molecule has 1 aliphatic rings. The molecule has 2 atom stereocenters. The van der Waals surface area contributed by atoms with Crippen LogP contribution in [0.25, 0.3) is 0 Å². The zero-order chi connectivity index (χ0) is 10.7. The summed E-state index contributed by atoms with van der Waals surface area (Å²) in [5, 5.41) is 16.3. The first-order valence-electron chi connectivity index (χ1n) is 5.66. The van der Waals surface area contributed by atoms with E-state index in [1.54, 1.807) is 6.20 Å². The van der Waals surface area contributed by atoms with Crippen LogP contribution in [0.5, 0.6) is 0 Å². The molecule has 2 heterocycles. The first kappa shape index (κ1) is 10.6. The van der Waals surface area contributed by atoms with Crippen molar-refractivity contribution in [2.75, 3.05) is 6.54 Å². The molecule has 2 unspecified atom stereocenters. The highest BCUT2D eigenvalue weighted by Gasteiger charge is 2.25. The Hall–Kier alpha value is -0.870. The van der Waals surface area contributed by atoms with Gasteiger partial charge in [0.1, 0.15) is 0 Å². The van der Waals surface area contributed by atoms with Crippen LogP contribution in [0.3, 0.4) is 0 Å². The summed E-state index contributed by atoms with van der Waals surface area (Å²) in [4.78, 5) is 2.43. The molecule has 0 bridgehead atoms. The molecule has 1 aromatic rings. The minimum Gasteiger partial charge on any atom is -0.393 e. The first-order chi connectivity index (χ1) is 7.25. The summed E-state index contributed by atoms with van der Waals surface area (Å²) < 4.78 is 0.